The van der Waals surface area contributed by atoms with E-state index in [-0.39, 0.29) is 11.6 Å². The molecule has 0 atom stereocenters. The molecule has 0 aromatic heterocycles. The summed E-state index contributed by atoms with van der Waals surface area (Å²) in [7, 11) is 0. The Hall–Kier alpha value is -2.39. The van der Waals surface area contributed by atoms with Crippen LogP contribution in [0.2, 0.25) is 0 Å². The van der Waals surface area contributed by atoms with Crippen LogP contribution in [-0.4, -0.2) is 0 Å². The Morgan fingerprint density at radius 2 is 1.67 bits per heavy atom. The minimum absolute atomic E-state index is 0.237. The number of fused-ring (bicyclic) bond motifs is 1. The van der Waals surface area contributed by atoms with Crippen LogP contribution in [0, 0.1) is 12.7 Å². The van der Waals surface area contributed by atoms with Gasteiger partial charge in [0.05, 0.1) is 0 Å². The topological polar surface area (TPSA) is 35.2 Å². The van der Waals surface area contributed by atoms with Gasteiger partial charge in [0.25, 0.3) is 0 Å². The third kappa shape index (κ3) is 2.48. The van der Waals surface area contributed by atoms with Gasteiger partial charge in [-0.1, -0.05) is 42.5 Å². The zero-order valence-electron chi connectivity index (χ0n) is 11.8. The molecule has 0 heterocycles. The maximum Gasteiger partial charge on any atom is 0.168 e. The normalized spacial score (nSPS) is 10.8. The second kappa shape index (κ2) is 5.54. The Bertz CT molecular complexity index is 798. The average Bonchev–Trinajstić information content (AvgIpc) is 2.52. The van der Waals surface area contributed by atoms with Crippen molar-refractivity contribution in [2.24, 2.45) is 5.73 Å². The van der Waals surface area contributed by atoms with E-state index in [9.17, 15) is 4.39 Å². The van der Waals surface area contributed by atoms with E-state index in [0.29, 0.717) is 17.9 Å². The second-order valence-corrected chi connectivity index (χ2v) is 4.96. The summed E-state index contributed by atoms with van der Waals surface area (Å²) in [6.45, 7) is 2.18. The Labute approximate surface area is 123 Å². The molecule has 0 aliphatic carbocycles. The molecule has 3 aromatic carbocycles. The molecular weight excluding hydrogens is 265 g/mol. The predicted octanol–water partition coefficient (Wildman–Crippen LogP) is 4.54. The predicted molar refractivity (Wildman–Crippen MR) is 83.1 cm³/mol. The van der Waals surface area contributed by atoms with Crippen molar-refractivity contribution in [1.29, 1.82) is 0 Å². The molecule has 0 spiro atoms. The minimum atomic E-state index is -0.329. The van der Waals surface area contributed by atoms with Gasteiger partial charge in [-0.15, -0.1) is 0 Å². The van der Waals surface area contributed by atoms with Gasteiger partial charge in [0.15, 0.2) is 11.6 Å². The van der Waals surface area contributed by atoms with Crippen molar-refractivity contribution < 1.29 is 9.13 Å². The average molecular weight is 281 g/mol. The molecule has 0 unspecified atom stereocenters. The molecular formula is C18H16FNO. The van der Waals surface area contributed by atoms with Crippen molar-refractivity contribution >= 4 is 10.8 Å². The zero-order chi connectivity index (χ0) is 14.8. The lowest BCUT2D eigenvalue weighted by atomic mass is 10.0. The highest BCUT2D eigenvalue weighted by Gasteiger charge is 2.10. The summed E-state index contributed by atoms with van der Waals surface area (Å²) >= 11 is 0. The molecule has 0 saturated carbocycles. The highest BCUT2D eigenvalue weighted by molar-refractivity contribution is 5.91. The van der Waals surface area contributed by atoms with E-state index in [4.69, 9.17) is 10.5 Å². The van der Waals surface area contributed by atoms with E-state index >= 15 is 0 Å². The number of rotatable bonds is 3. The maximum atomic E-state index is 14.1. The van der Waals surface area contributed by atoms with Gasteiger partial charge in [0, 0.05) is 11.9 Å². The highest BCUT2D eigenvalue weighted by Crippen LogP contribution is 2.33. The van der Waals surface area contributed by atoms with E-state index in [1.807, 2.05) is 36.4 Å². The number of nitrogens with two attached hydrogens (primary N) is 1. The number of halogens is 1. The Morgan fingerprint density at radius 1 is 0.905 bits per heavy atom. The molecule has 3 rings (SSSR count). The van der Waals surface area contributed by atoms with E-state index < -0.39 is 0 Å². The Morgan fingerprint density at radius 3 is 2.43 bits per heavy atom. The first-order valence-electron chi connectivity index (χ1n) is 6.84. The van der Waals surface area contributed by atoms with Crippen molar-refractivity contribution in [2.45, 2.75) is 13.5 Å². The van der Waals surface area contributed by atoms with Gasteiger partial charge in [-0.3, -0.25) is 0 Å². The lowest BCUT2D eigenvalue weighted by Crippen LogP contribution is -1.98. The molecule has 0 fully saturated rings. The first-order chi connectivity index (χ1) is 10.2. The van der Waals surface area contributed by atoms with Crippen LogP contribution in [0.3, 0.4) is 0 Å². The summed E-state index contributed by atoms with van der Waals surface area (Å²) in [5.41, 5.74) is 7.37. The molecule has 21 heavy (non-hydrogen) atoms. The minimum Gasteiger partial charge on any atom is -0.454 e. The molecule has 2 N–H and O–H groups in total. The molecule has 2 nitrogen and oxygen atoms in total. The molecule has 0 saturated heterocycles. The standard InChI is InChI=1S/C18H16FNO/c1-12-5-4-8-17(18(12)19)21-16-10-9-13(11-20)14-6-2-3-7-15(14)16/h2-10H,11,20H2,1H3. The van der Waals surface area contributed by atoms with Crippen LogP contribution in [0.15, 0.2) is 54.6 Å². The summed E-state index contributed by atoms with van der Waals surface area (Å²) < 4.78 is 19.9. The molecule has 0 amide bonds. The first-order valence-corrected chi connectivity index (χ1v) is 6.84. The van der Waals surface area contributed by atoms with Crippen LogP contribution >= 0.6 is 0 Å². The van der Waals surface area contributed by atoms with E-state index in [2.05, 4.69) is 0 Å². The molecule has 0 bridgehead atoms. The van der Waals surface area contributed by atoms with Gasteiger partial charge in [-0.05, 0) is 35.6 Å². The fourth-order valence-electron chi connectivity index (χ4n) is 2.42. The fraction of sp³-hybridized carbons (Fsp3) is 0.111. The maximum absolute atomic E-state index is 14.1. The van der Waals surface area contributed by atoms with Crippen LogP contribution in [0.1, 0.15) is 11.1 Å². The lowest BCUT2D eigenvalue weighted by molar-refractivity contribution is 0.444. The van der Waals surface area contributed by atoms with Crippen LogP contribution < -0.4 is 10.5 Å². The molecule has 0 aliphatic rings. The van der Waals surface area contributed by atoms with Crippen LogP contribution in [0.5, 0.6) is 11.5 Å². The lowest BCUT2D eigenvalue weighted by Gasteiger charge is -2.12. The summed E-state index contributed by atoms with van der Waals surface area (Å²) in [5.74, 6) is 0.539. The number of aryl methyl sites for hydroxylation is 1. The van der Waals surface area contributed by atoms with E-state index in [1.54, 1.807) is 25.1 Å². The van der Waals surface area contributed by atoms with Gasteiger partial charge < -0.3 is 10.5 Å². The van der Waals surface area contributed by atoms with Gasteiger partial charge in [0.2, 0.25) is 0 Å². The van der Waals surface area contributed by atoms with Gasteiger partial charge in [-0.25, -0.2) is 4.39 Å². The smallest absolute Gasteiger partial charge is 0.168 e. The van der Waals surface area contributed by atoms with Crippen molar-refractivity contribution in [3.63, 3.8) is 0 Å². The fourth-order valence-corrected chi connectivity index (χ4v) is 2.42. The Kier molecular flexibility index (Phi) is 3.59. The van der Waals surface area contributed by atoms with Gasteiger partial charge >= 0.3 is 0 Å². The second-order valence-electron chi connectivity index (χ2n) is 4.96. The first kappa shape index (κ1) is 13.6. The molecule has 0 radical (unpaired) electrons. The van der Waals surface area contributed by atoms with Crippen molar-refractivity contribution in [1.82, 2.24) is 0 Å². The number of hydrogen-bond acceptors (Lipinski definition) is 2. The summed E-state index contributed by atoms with van der Waals surface area (Å²) in [5, 5.41) is 1.96. The van der Waals surface area contributed by atoms with Crippen molar-refractivity contribution in [2.75, 3.05) is 0 Å². The number of ether oxygens (including phenoxy) is 1. The van der Waals surface area contributed by atoms with Crippen molar-refractivity contribution in [3.8, 4) is 11.5 Å². The van der Waals surface area contributed by atoms with Crippen molar-refractivity contribution in [3.05, 3.63) is 71.5 Å². The zero-order valence-corrected chi connectivity index (χ0v) is 11.8. The van der Waals surface area contributed by atoms with E-state index in [1.165, 1.54) is 0 Å². The molecule has 106 valence electrons. The summed E-state index contributed by atoms with van der Waals surface area (Å²) in [6, 6.07) is 16.7. The largest absolute Gasteiger partial charge is 0.454 e. The number of benzene rings is 3. The quantitative estimate of drug-likeness (QED) is 0.765. The SMILES string of the molecule is Cc1cccc(Oc2ccc(CN)c3ccccc23)c1F. The van der Waals surface area contributed by atoms with E-state index in [0.717, 1.165) is 16.3 Å². The number of hydrogen-bond donors (Lipinski definition) is 1. The molecule has 3 aromatic rings. The Balaban J connectivity index is 2.11. The summed E-state index contributed by atoms with van der Waals surface area (Å²) in [4.78, 5) is 0. The van der Waals surface area contributed by atoms with Crippen LogP contribution in [0.4, 0.5) is 4.39 Å². The third-order valence-electron chi connectivity index (χ3n) is 3.57. The molecule has 3 heteroatoms. The van der Waals surface area contributed by atoms with Crippen LogP contribution in [-0.2, 0) is 6.54 Å². The van der Waals surface area contributed by atoms with Crippen LogP contribution in [0.25, 0.3) is 10.8 Å². The van der Waals surface area contributed by atoms with Gasteiger partial charge in [-0.2, -0.15) is 0 Å². The highest BCUT2D eigenvalue weighted by atomic mass is 19.1. The third-order valence-corrected chi connectivity index (χ3v) is 3.57. The monoisotopic (exact) mass is 281 g/mol. The van der Waals surface area contributed by atoms with Gasteiger partial charge in [0.1, 0.15) is 5.75 Å². The summed E-state index contributed by atoms with van der Waals surface area (Å²) in [6.07, 6.45) is 0. The molecule has 0 aliphatic heterocycles.